The third kappa shape index (κ3) is 4.05. The van der Waals surface area contributed by atoms with Gasteiger partial charge >= 0.3 is 0 Å². The van der Waals surface area contributed by atoms with Gasteiger partial charge < -0.3 is 21.2 Å². The van der Waals surface area contributed by atoms with Crippen molar-refractivity contribution in [2.75, 3.05) is 26.7 Å². The molecule has 1 heterocycles. The summed E-state index contributed by atoms with van der Waals surface area (Å²) < 4.78 is 0. The molecule has 1 unspecified atom stereocenters. The van der Waals surface area contributed by atoms with Crippen molar-refractivity contribution in [3.63, 3.8) is 0 Å². The molecule has 0 spiro atoms. The van der Waals surface area contributed by atoms with Crippen molar-refractivity contribution in [3.05, 3.63) is 0 Å². The van der Waals surface area contributed by atoms with Crippen molar-refractivity contribution in [2.24, 2.45) is 16.8 Å². The summed E-state index contributed by atoms with van der Waals surface area (Å²) >= 11 is 0. The fourth-order valence-electron chi connectivity index (χ4n) is 1.80. The maximum Gasteiger partial charge on any atom is 0.156 e. The van der Waals surface area contributed by atoms with E-state index in [1.165, 1.54) is 25.9 Å². The molecule has 0 aromatic heterocycles. The molecule has 1 atom stereocenters. The molecule has 0 aromatic rings. The Hall–Kier alpha value is -0.810. The second kappa shape index (κ2) is 5.92. The molecule has 5 heteroatoms. The van der Waals surface area contributed by atoms with Gasteiger partial charge in [0.2, 0.25) is 0 Å². The van der Waals surface area contributed by atoms with Gasteiger partial charge in [0.1, 0.15) is 0 Å². The molecule has 1 rings (SSSR count). The molecule has 0 amide bonds. The van der Waals surface area contributed by atoms with Crippen LogP contribution < -0.4 is 11.1 Å². The van der Waals surface area contributed by atoms with Gasteiger partial charge in [-0.2, -0.15) is 0 Å². The summed E-state index contributed by atoms with van der Waals surface area (Å²) in [5, 5.41) is 14.8. The highest BCUT2D eigenvalue weighted by Gasteiger charge is 2.17. The van der Waals surface area contributed by atoms with Crippen LogP contribution in [0.1, 0.15) is 19.8 Å². The molecule has 1 aliphatic heterocycles. The minimum atomic E-state index is -0.0466. The van der Waals surface area contributed by atoms with Crippen LogP contribution in [0.15, 0.2) is 5.16 Å². The van der Waals surface area contributed by atoms with Crippen molar-refractivity contribution in [2.45, 2.75) is 25.8 Å². The van der Waals surface area contributed by atoms with Gasteiger partial charge in [0, 0.05) is 0 Å². The lowest BCUT2D eigenvalue weighted by Crippen LogP contribution is -2.43. The van der Waals surface area contributed by atoms with Crippen LogP contribution in [0.3, 0.4) is 0 Å². The SMILES string of the molecule is CC(NCC1CCN(C)CC1)C(N)=NO. The topological polar surface area (TPSA) is 73.9 Å². The predicted octanol–water partition coefficient (Wildman–Crippen LogP) is 0.0527. The van der Waals surface area contributed by atoms with Crippen molar-refractivity contribution in [1.29, 1.82) is 0 Å². The molecule has 0 aromatic carbocycles. The molecule has 0 bridgehead atoms. The van der Waals surface area contributed by atoms with Gasteiger partial charge in [0.15, 0.2) is 5.84 Å². The number of rotatable bonds is 4. The largest absolute Gasteiger partial charge is 0.409 e. The number of hydrogen-bond donors (Lipinski definition) is 3. The normalized spacial score (nSPS) is 22.9. The first-order valence-corrected chi connectivity index (χ1v) is 5.52. The number of nitrogens with one attached hydrogen (secondary N) is 1. The van der Waals surface area contributed by atoms with E-state index in [0.29, 0.717) is 0 Å². The van der Waals surface area contributed by atoms with Crippen molar-refractivity contribution in [1.82, 2.24) is 10.2 Å². The number of likely N-dealkylation sites (tertiary alicyclic amines) is 1. The third-order valence-corrected chi connectivity index (χ3v) is 3.11. The number of piperidine rings is 1. The number of hydrogen-bond acceptors (Lipinski definition) is 4. The highest BCUT2D eigenvalue weighted by molar-refractivity contribution is 5.84. The van der Waals surface area contributed by atoms with Crippen LogP contribution >= 0.6 is 0 Å². The van der Waals surface area contributed by atoms with Gasteiger partial charge in [-0.1, -0.05) is 5.16 Å². The maximum atomic E-state index is 8.49. The van der Waals surface area contributed by atoms with Crippen molar-refractivity contribution >= 4 is 5.84 Å². The Labute approximate surface area is 91.3 Å². The smallest absolute Gasteiger partial charge is 0.156 e. The second-order valence-electron chi connectivity index (χ2n) is 4.40. The highest BCUT2D eigenvalue weighted by Crippen LogP contribution is 2.14. The van der Waals surface area contributed by atoms with Crippen LogP contribution in [0.4, 0.5) is 0 Å². The van der Waals surface area contributed by atoms with Gasteiger partial charge in [0.05, 0.1) is 6.04 Å². The summed E-state index contributed by atoms with van der Waals surface area (Å²) in [4.78, 5) is 2.35. The first kappa shape index (κ1) is 12.3. The number of amidine groups is 1. The molecule has 15 heavy (non-hydrogen) atoms. The Balaban J connectivity index is 2.20. The van der Waals surface area contributed by atoms with Crippen LogP contribution in [0, 0.1) is 5.92 Å². The summed E-state index contributed by atoms with van der Waals surface area (Å²) in [6.07, 6.45) is 2.46. The zero-order chi connectivity index (χ0) is 11.3. The van der Waals surface area contributed by atoms with Crippen molar-refractivity contribution < 1.29 is 5.21 Å². The minimum absolute atomic E-state index is 0.0466. The molecular weight excluding hydrogens is 192 g/mol. The number of oxime groups is 1. The summed E-state index contributed by atoms with van der Waals surface area (Å²) in [5.74, 6) is 0.970. The molecule has 0 aliphatic carbocycles. The molecule has 1 fully saturated rings. The standard InChI is InChI=1S/C10H22N4O/c1-8(10(11)13-15)12-7-9-3-5-14(2)6-4-9/h8-9,12,15H,3-7H2,1-2H3,(H2,11,13). The Bertz CT molecular complexity index is 211. The van der Waals surface area contributed by atoms with Gasteiger partial charge in [0.25, 0.3) is 0 Å². The van der Waals surface area contributed by atoms with Crippen LogP contribution in [-0.2, 0) is 0 Å². The average molecular weight is 214 g/mol. The van der Waals surface area contributed by atoms with Gasteiger partial charge in [-0.3, -0.25) is 0 Å². The first-order valence-electron chi connectivity index (χ1n) is 5.52. The van der Waals surface area contributed by atoms with E-state index in [1.807, 2.05) is 6.92 Å². The molecule has 4 N–H and O–H groups in total. The lowest BCUT2D eigenvalue weighted by molar-refractivity contribution is 0.215. The zero-order valence-corrected chi connectivity index (χ0v) is 9.61. The molecule has 1 aliphatic rings. The number of nitrogens with two attached hydrogens (primary N) is 1. The van der Waals surface area contributed by atoms with Crippen LogP contribution in [-0.4, -0.2) is 48.7 Å². The van der Waals surface area contributed by atoms with E-state index in [0.717, 1.165) is 12.5 Å². The van der Waals surface area contributed by atoms with Crippen LogP contribution in [0.25, 0.3) is 0 Å². The first-order chi connectivity index (χ1) is 7.13. The fraction of sp³-hybridized carbons (Fsp3) is 0.900. The Kier molecular flexibility index (Phi) is 4.84. The molecule has 5 nitrogen and oxygen atoms in total. The Morgan fingerprint density at radius 1 is 1.60 bits per heavy atom. The van der Waals surface area contributed by atoms with E-state index in [9.17, 15) is 0 Å². The molecule has 0 radical (unpaired) electrons. The minimum Gasteiger partial charge on any atom is -0.409 e. The lowest BCUT2D eigenvalue weighted by Gasteiger charge is -2.29. The van der Waals surface area contributed by atoms with Gasteiger partial charge in [-0.15, -0.1) is 0 Å². The van der Waals surface area contributed by atoms with E-state index in [4.69, 9.17) is 10.9 Å². The average Bonchev–Trinajstić information content (AvgIpc) is 2.26. The van der Waals surface area contributed by atoms with Crippen LogP contribution in [0.5, 0.6) is 0 Å². The highest BCUT2D eigenvalue weighted by atomic mass is 16.4. The number of nitrogens with zero attached hydrogens (tertiary/aromatic N) is 2. The Morgan fingerprint density at radius 3 is 2.73 bits per heavy atom. The summed E-state index contributed by atoms with van der Waals surface area (Å²) in [6.45, 7) is 5.20. The van der Waals surface area contributed by atoms with Gasteiger partial charge in [-0.05, 0) is 52.4 Å². The molecule has 88 valence electrons. The summed E-state index contributed by atoms with van der Waals surface area (Å²) in [7, 11) is 2.16. The van der Waals surface area contributed by atoms with E-state index in [-0.39, 0.29) is 11.9 Å². The molecular formula is C10H22N4O. The second-order valence-corrected chi connectivity index (χ2v) is 4.40. The molecule has 1 saturated heterocycles. The fourth-order valence-corrected chi connectivity index (χ4v) is 1.80. The zero-order valence-electron chi connectivity index (χ0n) is 9.61. The van der Waals surface area contributed by atoms with Gasteiger partial charge in [-0.25, -0.2) is 0 Å². The quantitative estimate of drug-likeness (QED) is 0.268. The van der Waals surface area contributed by atoms with E-state index < -0.39 is 0 Å². The predicted molar refractivity (Wildman–Crippen MR) is 61.1 cm³/mol. The molecule has 0 saturated carbocycles. The third-order valence-electron chi connectivity index (χ3n) is 3.11. The summed E-state index contributed by atoms with van der Waals surface area (Å²) in [5.41, 5.74) is 5.48. The van der Waals surface area contributed by atoms with E-state index in [2.05, 4.69) is 22.4 Å². The monoisotopic (exact) mass is 214 g/mol. The van der Waals surface area contributed by atoms with Crippen LogP contribution in [0.2, 0.25) is 0 Å². The van der Waals surface area contributed by atoms with E-state index >= 15 is 0 Å². The Morgan fingerprint density at radius 2 is 2.20 bits per heavy atom. The van der Waals surface area contributed by atoms with Crippen molar-refractivity contribution in [3.8, 4) is 0 Å². The maximum absolute atomic E-state index is 8.49. The van der Waals surface area contributed by atoms with E-state index in [1.54, 1.807) is 0 Å². The summed E-state index contributed by atoms with van der Waals surface area (Å²) in [6, 6.07) is -0.0466. The lowest BCUT2D eigenvalue weighted by atomic mass is 9.97.